The van der Waals surface area contributed by atoms with Gasteiger partial charge in [-0.15, -0.1) is 11.3 Å². The third kappa shape index (κ3) is 3.48. The van der Waals surface area contributed by atoms with Crippen molar-refractivity contribution in [1.82, 2.24) is 15.2 Å². The molecule has 0 radical (unpaired) electrons. The van der Waals surface area contributed by atoms with Crippen LogP contribution in [-0.2, 0) is 11.3 Å². The summed E-state index contributed by atoms with van der Waals surface area (Å²) in [7, 11) is 4.18. The molecule has 1 aromatic rings. The molecule has 0 spiro atoms. The maximum atomic E-state index is 5.57. The Hall–Kier alpha value is -0.490. The van der Waals surface area contributed by atoms with Crippen molar-refractivity contribution in [2.24, 2.45) is 5.41 Å². The van der Waals surface area contributed by atoms with Crippen LogP contribution >= 0.6 is 11.3 Å². The molecule has 0 aromatic carbocycles. The fourth-order valence-corrected chi connectivity index (χ4v) is 3.11. The molecule has 0 saturated carbocycles. The van der Waals surface area contributed by atoms with Gasteiger partial charge in [-0.25, -0.2) is 4.98 Å². The highest BCUT2D eigenvalue weighted by molar-refractivity contribution is 7.07. The van der Waals surface area contributed by atoms with E-state index in [2.05, 4.69) is 27.6 Å². The number of ether oxygens (including phenoxy) is 1. The minimum absolute atomic E-state index is 0.277. The smallest absolute Gasteiger partial charge is 0.0795 e. The molecule has 4 nitrogen and oxygen atoms in total. The van der Waals surface area contributed by atoms with Crippen LogP contribution in [-0.4, -0.2) is 50.3 Å². The predicted molar refractivity (Wildman–Crippen MR) is 70.2 cm³/mol. The van der Waals surface area contributed by atoms with E-state index in [1.165, 1.54) is 0 Å². The second-order valence-corrected chi connectivity index (χ2v) is 5.70. The molecule has 1 aliphatic heterocycles. The molecule has 2 rings (SSSR count). The van der Waals surface area contributed by atoms with Gasteiger partial charge in [-0.05, 0) is 20.5 Å². The first-order valence-electron chi connectivity index (χ1n) is 6.02. The fraction of sp³-hybridized carbons (Fsp3) is 0.750. The van der Waals surface area contributed by atoms with E-state index in [1.807, 2.05) is 12.6 Å². The Labute approximate surface area is 107 Å². The van der Waals surface area contributed by atoms with Crippen molar-refractivity contribution in [2.75, 3.05) is 40.4 Å². The van der Waals surface area contributed by atoms with Crippen LogP contribution in [0.25, 0.3) is 0 Å². The molecule has 17 heavy (non-hydrogen) atoms. The van der Waals surface area contributed by atoms with E-state index in [9.17, 15) is 0 Å². The first-order chi connectivity index (χ1) is 8.24. The molecule has 1 N–H and O–H groups in total. The average molecular weight is 255 g/mol. The monoisotopic (exact) mass is 255 g/mol. The van der Waals surface area contributed by atoms with Crippen LogP contribution in [0.5, 0.6) is 0 Å². The maximum Gasteiger partial charge on any atom is 0.0795 e. The van der Waals surface area contributed by atoms with Gasteiger partial charge >= 0.3 is 0 Å². The Kier molecular flexibility index (Phi) is 4.50. The molecule has 5 heteroatoms. The molecule has 1 aromatic heterocycles. The van der Waals surface area contributed by atoms with Crippen molar-refractivity contribution in [3.63, 3.8) is 0 Å². The van der Waals surface area contributed by atoms with Gasteiger partial charge in [0.05, 0.1) is 17.8 Å². The van der Waals surface area contributed by atoms with Crippen molar-refractivity contribution in [3.8, 4) is 0 Å². The highest BCUT2D eigenvalue weighted by atomic mass is 32.1. The molecule has 1 saturated heterocycles. The van der Waals surface area contributed by atoms with E-state index >= 15 is 0 Å². The van der Waals surface area contributed by atoms with E-state index in [4.69, 9.17) is 4.74 Å². The highest BCUT2D eigenvalue weighted by Gasteiger charge is 2.35. The Bertz CT molecular complexity index is 323. The zero-order valence-corrected chi connectivity index (χ0v) is 11.4. The summed E-state index contributed by atoms with van der Waals surface area (Å²) in [6.45, 7) is 4.77. The lowest BCUT2D eigenvalue weighted by Crippen LogP contribution is -2.42. The summed E-state index contributed by atoms with van der Waals surface area (Å²) in [6, 6.07) is 0. The molecule has 0 amide bonds. The Balaban J connectivity index is 1.89. The first kappa shape index (κ1) is 13.0. The minimum atomic E-state index is 0.277. The molecule has 1 atom stereocenters. The van der Waals surface area contributed by atoms with Crippen LogP contribution < -0.4 is 5.32 Å². The van der Waals surface area contributed by atoms with Gasteiger partial charge in [0.2, 0.25) is 0 Å². The zero-order chi connectivity index (χ0) is 12.1. The fourth-order valence-electron chi connectivity index (χ4n) is 2.57. The van der Waals surface area contributed by atoms with Crippen LogP contribution in [0.2, 0.25) is 0 Å². The lowest BCUT2D eigenvalue weighted by molar-refractivity contribution is 0.117. The zero-order valence-electron chi connectivity index (χ0n) is 10.6. The maximum absolute atomic E-state index is 5.57. The largest absolute Gasteiger partial charge is 0.381 e. The van der Waals surface area contributed by atoms with E-state index in [1.54, 1.807) is 11.3 Å². The van der Waals surface area contributed by atoms with Crippen LogP contribution in [0.15, 0.2) is 10.9 Å². The summed E-state index contributed by atoms with van der Waals surface area (Å²) in [6.07, 6.45) is 1.15. The lowest BCUT2D eigenvalue weighted by Gasteiger charge is -2.31. The third-order valence-corrected chi connectivity index (χ3v) is 3.89. The summed E-state index contributed by atoms with van der Waals surface area (Å²) < 4.78 is 5.57. The molecule has 0 bridgehead atoms. The molecule has 1 aliphatic rings. The van der Waals surface area contributed by atoms with Crippen LogP contribution in [0.1, 0.15) is 12.1 Å². The number of rotatable bonds is 6. The third-order valence-electron chi connectivity index (χ3n) is 3.26. The van der Waals surface area contributed by atoms with Crippen LogP contribution in [0.4, 0.5) is 0 Å². The summed E-state index contributed by atoms with van der Waals surface area (Å²) in [5, 5.41) is 5.41. The predicted octanol–water partition coefficient (Wildman–Crippen LogP) is 1.20. The Morgan fingerprint density at radius 1 is 1.65 bits per heavy atom. The van der Waals surface area contributed by atoms with Gasteiger partial charge in [0.25, 0.3) is 0 Å². The second-order valence-electron chi connectivity index (χ2n) is 4.98. The topological polar surface area (TPSA) is 37.4 Å². The van der Waals surface area contributed by atoms with Crippen molar-refractivity contribution < 1.29 is 4.74 Å². The van der Waals surface area contributed by atoms with Gasteiger partial charge in [-0.3, -0.25) is 4.90 Å². The number of thiazole rings is 1. The normalized spacial score (nSPS) is 24.6. The molecule has 96 valence electrons. The van der Waals surface area contributed by atoms with Crippen molar-refractivity contribution >= 4 is 11.3 Å². The molecule has 1 unspecified atom stereocenters. The summed E-state index contributed by atoms with van der Waals surface area (Å²) in [4.78, 5) is 6.68. The standard InChI is InChI=1S/C12H21N3OS/c1-13-7-12(3-4-16-9-12)8-15(2)5-11-6-17-10-14-11/h6,10,13H,3-5,7-9H2,1-2H3. The first-order valence-corrected chi connectivity index (χ1v) is 6.96. The van der Waals surface area contributed by atoms with Crippen molar-refractivity contribution in [3.05, 3.63) is 16.6 Å². The SMILES string of the molecule is CNCC1(CN(C)Cc2cscn2)CCOC1. The Morgan fingerprint density at radius 2 is 2.53 bits per heavy atom. The second kappa shape index (κ2) is 5.91. The van der Waals surface area contributed by atoms with Crippen molar-refractivity contribution in [2.45, 2.75) is 13.0 Å². The number of nitrogens with zero attached hydrogens (tertiary/aromatic N) is 2. The van der Waals surface area contributed by atoms with Gasteiger partial charge in [0, 0.05) is 37.0 Å². The summed E-state index contributed by atoms with van der Waals surface area (Å²) in [5.74, 6) is 0. The van der Waals surface area contributed by atoms with Gasteiger partial charge in [-0.2, -0.15) is 0 Å². The average Bonchev–Trinajstić information content (AvgIpc) is 2.90. The number of hydrogen-bond donors (Lipinski definition) is 1. The van der Waals surface area contributed by atoms with Crippen LogP contribution in [0.3, 0.4) is 0 Å². The number of hydrogen-bond acceptors (Lipinski definition) is 5. The molecular weight excluding hydrogens is 234 g/mol. The molecule has 2 heterocycles. The molecular formula is C12H21N3OS. The van der Waals surface area contributed by atoms with E-state index in [0.29, 0.717) is 0 Å². The summed E-state index contributed by atoms with van der Waals surface area (Å²) in [5.41, 5.74) is 3.33. The minimum Gasteiger partial charge on any atom is -0.381 e. The van der Waals surface area contributed by atoms with E-state index in [0.717, 1.165) is 45.0 Å². The quantitative estimate of drug-likeness (QED) is 0.829. The van der Waals surface area contributed by atoms with Gasteiger partial charge in [-0.1, -0.05) is 0 Å². The van der Waals surface area contributed by atoms with E-state index < -0.39 is 0 Å². The number of aromatic nitrogens is 1. The summed E-state index contributed by atoms with van der Waals surface area (Å²) >= 11 is 1.66. The number of nitrogens with one attached hydrogen (secondary N) is 1. The highest BCUT2D eigenvalue weighted by Crippen LogP contribution is 2.29. The van der Waals surface area contributed by atoms with Crippen LogP contribution in [0, 0.1) is 5.41 Å². The molecule has 0 aliphatic carbocycles. The van der Waals surface area contributed by atoms with Gasteiger partial charge < -0.3 is 10.1 Å². The van der Waals surface area contributed by atoms with Crippen molar-refractivity contribution in [1.29, 1.82) is 0 Å². The van der Waals surface area contributed by atoms with E-state index in [-0.39, 0.29) is 5.41 Å². The molecule has 1 fully saturated rings. The van der Waals surface area contributed by atoms with Gasteiger partial charge in [0.1, 0.15) is 0 Å². The van der Waals surface area contributed by atoms with Gasteiger partial charge in [0.15, 0.2) is 0 Å². The lowest BCUT2D eigenvalue weighted by atomic mass is 9.86. The Morgan fingerprint density at radius 3 is 3.12 bits per heavy atom.